The summed E-state index contributed by atoms with van der Waals surface area (Å²) in [5, 5.41) is 0. The number of benzene rings is 1. The van der Waals surface area contributed by atoms with Gasteiger partial charge in [0.1, 0.15) is 0 Å². The van der Waals surface area contributed by atoms with E-state index in [-0.39, 0.29) is 5.41 Å². The van der Waals surface area contributed by atoms with Gasteiger partial charge in [-0.2, -0.15) is 0 Å². The van der Waals surface area contributed by atoms with Crippen molar-refractivity contribution in [1.29, 1.82) is 0 Å². The van der Waals surface area contributed by atoms with E-state index in [1.807, 2.05) is 0 Å². The molecule has 0 aliphatic heterocycles. The van der Waals surface area contributed by atoms with Crippen molar-refractivity contribution in [3.8, 4) is 0 Å². The molecule has 0 amide bonds. The third kappa shape index (κ3) is 1.46. The zero-order valence-corrected chi connectivity index (χ0v) is 9.83. The summed E-state index contributed by atoms with van der Waals surface area (Å²) in [6.45, 7) is 4.52. The van der Waals surface area contributed by atoms with Crippen LogP contribution in [0.15, 0.2) is 54.1 Å². The molecule has 0 unspecified atom stereocenters. The summed E-state index contributed by atoms with van der Waals surface area (Å²) < 4.78 is 0. The van der Waals surface area contributed by atoms with Gasteiger partial charge >= 0.3 is 0 Å². The van der Waals surface area contributed by atoms with Gasteiger partial charge in [0.15, 0.2) is 0 Å². The number of hydrogen-bond donors (Lipinski definition) is 0. The van der Waals surface area contributed by atoms with E-state index in [9.17, 15) is 0 Å². The first-order chi connectivity index (χ1) is 7.66. The number of rotatable bonds is 0. The number of fused-ring (bicyclic) bond motifs is 3. The lowest BCUT2D eigenvalue weighted by atomic mass is 9.89. The molecule has 0 saturated heterocycles. The fourth-order valence-corrected chi connectivity index (χ4v) is 2.56. The van der Waals surface area contributed by atoms with Crippen molar-refractivity contribution in [3.05, 3.63) is 65.3 Å². The van der Waals surface area contributed by atoms with Gasteiger partial charge in [-0.25, -0.2) is 0 Å². The largest absolute Gasteiger partial charge is 0.0751 e. The first-order valence-corrected chi connectivity index (χ1v) is 5.86. The summed E-state index contributed by atoms with van der Waals surface area (Å²) in [6.07, 6.45) is 10.2. The summed E-state index contributed by atoms with van der Waals surface area (Å²) in [7, 11) is 0. The average molecular weight is 208 g/mol. The molecule has 0 bridgehead atoms. The molecule has 1 aromatic carbocycles. The molecule has 0 radical (unpaired) electrons. The van der Waals surface area contributed by atoms with Gasteiger partial charge in [0.05, 0.1) is 0 Å². The second kappa shape index (κ2) is 3.21. The first-order valence-electron chi connectivity index (χ1n) is 5.86. The standard InChI is InChI=1S/C16H16/c1-16(2)9-5-7-13-10-12-6-3-4-8-14(12)15(13)11-16/h3-9,11H,10H2,1-2H3. The molecule has 0 N–H and O–H groups in total. The Hall–Kier alpha value is -1.56. The predicted octanol–water partition coefficient (Wildman–Crippen LogP) is 4.15. The van der Waals surface area contributed by atoms with Crippen molar-refractivity contribution in [2.24, 2.45) is 5.41 Å². The Balaban J connectivity index is 2.21. The Labute approximate surface area is 97.0 Å². The maximum atomic E-state index is 2.40. The molecule has 1 aromatic rings. The van der Waals surface area contributed by atoms with Crippen LogP contribution in [0, 0.1) is 5.41 Å². The van der Waals surface area contributed by atoms with Gasteiger partial charge in [0.25, 0.3) is 0 Å². The van der Waals surface area contributed by atoms with E-state index in [2.05, 4.69) is 62.4 Å². The zero-order valence-electron chi connectivity index (χ0n) is 9.83. The highest BCUT2D eigenvalue weighted by atomic mass is 14.3. The topological polar surface area (TPSA) is 0 Å². The van der Waals surface area contributed by atoms with Gasteiger partial charge in [0.2, 0.25) is 0 Å². The lowest BCUT2D eigenvalue weighted by Crippen LogP contribution is -2.02. The molecule has 0 heterocycles. The Morgan fingerprint density at radius 3 is 2.81 bits per heavy atom. The van der Waals surface area contributed by atoms with Gasteiger partial charge in [-0.15, -0.1) is 0 Å². The molecule has 2 aliphatic carbocycles. The smallest absolute Gasteiger partial charge is 0.00168 e. The Morgan fingerprint density at radius 1 is 1.12 bits per heavy atom. The van der Waals surface area contributed by atoms with E-state index >= 15 is 0 Å². The van der Waals surface area contributed by atoms with E-state index < -0.39 is 0 Å². The van der Waals surface area contributed by atoms with Crippen molar-refractivity contribution in [3.63, 3.8) is 0 Å². The minimum absolute atomic E-state index is 0.158. The van der Waals surface area contributed by atoms with Crippen LogP contribution in [0.2, 0.25) is 0 Å². The number of hydrogen-bond acceptors (Lipinski definition) is 0. The molecule has 0 fully saturated rings. The van der Waals surface area contributed by atoms with Gasteiger partial charge in [-0.1, -0.05) is 62.4 Å². The van der Waals surface area contributed by atoms with Crippen LogP contribution in [-0.4, -0.2) is 0 Å². The van der Waals surface area contributed by atoms with Gasteiger partial charge in [0, 0.05) is 5.41 Å². The minimum Gasteiger partial charge on any atom is -0.0751 e. The Bertz CT molecular complexity index is 525. The van der Waals surface area contributed by atoms with Gasteiger partial charge in [-0.3, -0.25) is 0 Å². The SMILES string of the molecule is CC1(C)C=CC=C2Cc3ccccc3C2=C1. The van der Waals surface area contributed by atoms with E-state index in [1.165, 1.54) is 22.3 Å². The van der Waals surface area contributed by atoms with E-state index in [0.717, 1.165) is 6.42 Å². The second-order valence-electron chi connectivity index (χ2n) is 5.26. The average Bonchev–Trinajstić information content (AvgIpc) is 2.48. The molecule has 80 valence electrons. The van der Waals surface area contributed by atoms with Gasteiger partial charge < -0.3 is 0 Å². The molecule has 0 atom stereocenters. The fraction of sp³-hybridized carbons (Fsp3) is 0.250. The summed E-state index contributed by atoms with van der Waals surface area (Å²) in [4.78, 5) is 0. The quantitative estimate of drug-likeness (QED) is 0.601. The van der Waals surface area contributed by atoms with Gasteiger partial charge in [-0.05, 0) is 28.7 Å². The predicted molar refractivity (Wildman–Crippen MR) is 69.1 cm³/mol. The molecular weight excluding hydrogens is 192 g/mol. The van der Waals surface area contributed by atoms with E-state index in [1.54, 1.807) is 0 Å². The van der Waals surface area contributed by atoms with Crippen molar-refractivity contribution < 1.29 is 0 Å². The molecule has 0 aromatic heterocycles. The van der Waals surface area contributed by atoms with Crippen molar-refractivity contribution >= 4 is 5.57 Å². The summed E-state index contributed by atoms with van der Waals surface area (Å²) in [5.74, 6) is 0. The lowest BCUT2D eigenvalue weighted by molar-refractivity contribution is 0.629. The molecule has 16 heavy (non-hydrogen) atoms. The molecule has 3 rings (SSSR count). The highest BCUT2D eigenvalue weighted by Crippen LogP contribution is 2.40. The van der Waals surface area contributed by atoms with Crippen LogP contribution in [0.1, 0.15) is 25.0 Å². The van der Waals surface area contributed by atoms with Crippen molar-refractivity contribution in [2.75, 3.05) is 0 Å². The van der Waals surface area contributed by atoms with Crippen LogP contribution in [-0.2, 0) is 6.42 Å². The highest BCUT2D eigenvalue weighted by molar-refractivity contribution is 5.87. The van der Waals surface area contributed by atoms with Crippen molar-refractivity contribution in [2.45, 2.75) is 20.3 Å². The summed E-state index contributed by atoms with van der Waals surface area (Å²) in [6, 6.07) is 8.74. The lowest BCUT2D eigenvalue weighted by Gasteiger charge is -2.15. The third-order valence-electron chi connectivity index (χ3n) is 3.37. The molecule has 0 spiro atoms. The molecule has 0 saturated carbocycles. The van der Waals surface area contributed by atoms with Crippen LogP contribution in [0.3, 0.4) is 0 Å². The van der Waals surface area contributed by atoms with Crippen molar-refractivity contribution in [1.82, 2.24) is 0 Å². The summed E-state index contributed by atoms with van der Waals surface area (Å²) >= 11 is 0. The third-order valence-corrected chi connectivity index (χ3v) is 3.37. The van der Waals surface area contributed by atoms with Crippen LogP contribution in [0.25, 0.3) is 5.57 Å². The first kappa shape index (κ1) is 9.65. The maximum absolute atomic E-state index is 2.40. The van der Waals surface area contributed by atoms with E-state index in [0.29, 0.717) is 0 Å². The maximum Gasteiger partial charge on any atom is 0.00168 e. The number of allylic oxidation sites excluding steroid dienone is 6. The van der Waals surface area contributed by atoms with E-state index in [4.69, 9.17) is 0 Å². The van der Waals surface area contributed by atoms with Crippen LogP contribution in [0.4, 0.5) is 0 Å². The zero-order chi connectivity index (χ0) is 11.2. The van der Waals surface area contributed by atoms with Crippen LogP contribution in [0.5, 0.6) is 0 Å². The van der Waals surface area contributed by atoms with Crippen LogP contribution >= 0.6 is 0 Å². The van der Waals surface area contributed by atoms with Crippen LogP contribution < -0.4 is 0 Å². The molecular formula is C16H16. The normalized spacial score (nSPS) is 20.6. The summed E-state index contributed by atoms with van der Waals surface area (Å²) in [5.41, 5.74) is 5.94. The molecule has 0 heteroatoms. The monoisotopic (exact) mass is 208 g/mol. The Morgan fingerprint density at radius 2 is 1.94 bits per heavy atom. The highest BCUT2D eigenvalue weighted by Gasteiger charge is 2.24. The minimum atomic E-state index is 0.158. The fourth-order valence-electron chi connectivity index (χ4n) is 2.56. The Kier molecular flexibility index (Phi) is 1.94. The molecule has 2 aliphatic rings. The molecule has 0 nitrogen and oxygen atoms in total. The second-order valence-corrected chi connectivity index (χ2v) is 5.26.